The number of Topliss-reactive ketones (excluding diaryl/α,β-unsaturated/α-hetero) is 1. The number of phenols is 1. The Morgan fingerprint density at radius 3 is 2.00 bits per heavy atom. The van der Waals surface area contributed by atoms with Gasteiger partial charge in [0.15, 0.2) is 24.1 Å². The van der Waals surface area contributed by atoms with Crippen molar-refractivity contribution in [1.82, 2.24) is 4.98 Å². The smallest absolute Gasteiger partial charge is 0.303 e. The van der Waals surface area contributed by atoms with Gasteiger partial charge in [0.25, 0.3) is 0 Å². The molecule has 14 heteroatoms. The first-order valence-electron chi connectivity index (χ1n) is 14.2. The highest BCUT2D eigenvalue weighted by molar-refractivity contribution is 7.13. The molecule has 13 nitrogen and oxygen atoms in total. The summed E-state index contributed by atoms with van der Waals surface area (Å²) in [4.78, 5) is 65.0. The van der Waals surface area contributed by atoms with Gasteiger partial charge in [0, 0.05) is 44.7 Å². The van der Waals surface area contributed by atoms with Crippen molar-refractivity contribution in [3.63, 3.8) is 0 Å². The van der Waals surface area contributed by atoms with Crippen LogP contribution in [0.2, 0.25) is 0 Å². The van der Waals surface area contributed by atoms with Crippen LogP contribution >= 0.6 is 11.3 Å². The van der Waals surface area contributed by atoms with Crippen molar-refractivity contribution in [2.75, 3.05) is 13.2 Å². The van der Waals surface area contributed by atoms with Gasteiger partial charge in [-0.1, -0.05) is 30.3 Å². The van der Waals surface area contributed by atoms with Crippen molar-refractivity contribution in [1.29, 1.82) is 0 Å². The van der Waals surface area contributed by atoms with Crippen molar-refractivity contribution in [2.45, 2.75) is 64.6 Å². The quantitative estimate of drug-likeness (QED) is 0.171. The molecule has 4 rings (SSSR count). The Labute approximate surface area is 268 Å². The van der Waals surface area contributed by atoms with Crippen molar-refractivity contribution in [3.05, 3.63) is 65.2 Å². The second-order valence-corrected chi connectivity index (χ2v) is 11.2. The molecule has 1 fully saturated rings. The molecule has 1 aromatic heterocycles. The lowest BCUT2D eigenvalue weighted by molar-refractivity contribution is -0.255. The number of hydrogen-bond donors (Lipinski definition) is 1. The van der Waals surface area contributed by atoms with E-state index in [-0.39, 0.29) is 42.5 Å². The van der Waals surface area contributed by atoms with Gasteiger partial charge in [0.2, 0.25) is 0 Å². The molecule has 0 unspecified atom stereocenters. The molecule has 0 bridgehead atoms. The van der Waals surface area contributed by atoms with E-state index in [9.17, 15) is 29.1 Å². The number of carbonyl (C=O) groups is 5. The van der Waals surface area contributed by atoms with Crippen LogP contribution in [0.4, 0.5) is 0 Å². The molecule has 2 aromatic carbocycles. The molecule has 1 saturated heterocycles. The Balaban J connectivity index is 1.50. The van der Waals surface area contributed by atoms with Crippen molar-refractivity contribution < 1.29 is 57.5 Å². The maximum Gasteiger partial charge on any atom is 0.303 e. The minimum Gasteiger partial charge on any atom is -0.507 e. The number of rotatable bonds is 12. The second kappa shape index (κ2) is 15.5. The zero-order valence-corrected chi connectivity index (χ0v) is 26.3. The van der Waals surface area contributed by atoms with Gasteiger partial charge in [-0.15, -0.1) is 11.3 Å². The van der Waals surface area contributed by atoms with Gasteiger partial charge in [-0.25, -0.2) is 4.98 Å². The maximum atomic E-state index is 13.0. The molecule has 244 valence electrons. The summed E-state index contributed by atoms with van der Waals surface area (Å²) < 4.78 is 33.1. The van der Waals surface area contributed by atoms with Gasteiger partial charge < -0.3 is 33.5 Å². The standard InChI is InChI=1S/C32H33NO12S/c1-17(34)40-14-27-29(42-18(2)35)31(44-20(4)37)30(43-19(3)36)28(45-27)15-41-23-10-11-24(26(39)13-23)25(38)12-22-16-46-32(33-22)21-8-6-5-7-9-21/h5-11,13,16,27-31,39H,12,14-15H2,1-4H3/t27-,28+,29-,30-,31-/m0/s1. The highest BCUT2D eigenvalue weighted by Gasteiger charge is 2.52. The first-order chi connectivity index (χ1) is 21.9. The van der Waals surface area contributed by atoms with Crippen LogP contribution in [0.15, 0.2) is 53.9 Å². The maximum absolute atomic E-state index is 13.0. The molecular formula is C32H33NO12S. The lowest BCUT2D eigenvalue weighted by Crippen LogP contribution is -2.63. The third-order valence-corrected chi connectivity index (χ3v) is 7.63. The topological polar surface area (TPSA) is 174 Å². The lowest BCUT2D eigenvalue weighted by atomic mass is 9.94. The van der Waals surface area contributed by atoms with Crippen LogP contribution in [0.5, 0.6) is 11.5 Å². The molecule has 1 aliphatic rings. The Kier molecular flexibility index (Phi) is 11.4. The summed E-state index contributed by atoms with van der Waals surface area (Å²) in [5.41, 5.74) is 1.57. The molecule has 3 aromatic rings. The number of carbonyl (C=O) groups excluding carboxylic acids is 5. The minimum absolute atomic E-state index is 0.0260. The number of hydrogen-bond acceptors (Lipinski definition) is 14. The number of aromatic nitrogens is 1. The van der Waals surface area contributed by atoms with E-state index in [0.717, 1.165) is 31.3 Å². The first-order valence-corrected chi connectivity index (χ1v) is 15.1. The summed E-state index contributed by atoms with van der Waals surface area (Å²) in [6.07, 6.45) is -6.20. The van der Waals surface area contributed by atoms with Crippen LogP contribution in [-0.2, 0) is 49.3 Å². The molecule has 1 aliphatic heterocycles. The van der Waals surface area contributed by atoms with Crippen LogP contribution in [-0.4, -0.2) is 83.5 Å². The number of benzene rings is 2. The molecule has 0 saturated carbocycles. The predicted molar refractivity (Wildman–Crippen MR) is 161 cm³/mol. The molecule has 0 amide bonds. The van der Waals surface area contributed by atoms with E-state index < -0.39 is 54.4 Å². The fourth-order valence-corrected chi connectivity index (χ4v) is 5.65. The first kappa shape index (κ1) is 34.1. The molecule has 2 heterocycles. The van der Waals surface area contributed by atoms with Gasteiger partial charge in [0.1, 0.15) is 41.9 Å². The van der Waals surface area contributed by atoms with E-state index in [2.05, 4.69) is 4.98 Å². The molecule has 0 radical (unpaired) electrons. The number of ether oxygens (including phenoxy) is 6. The Bertz CT molecular complexity index is 1570. The Morgan fingerprint density at radius 2 is 1.41 bits per heavy atom. The summed E-state index contributed by atoms with van der Waals surface area (Å²) in [6.45, 7) is 3.87. The van der Waals surface area contributed by atoms with Crippen LogP contribution in [0.1, 0.15) is 43.7 Å². The Morgan fingerprint density at radius 1 is 0.804 bits per heavy atom. The summed E-state index contributed by atoms with van der Waals surface area (Å²) in [5, 5.41) is 13.3. The number of aromatic hydroxyl groups is 1. The Hall–Kier alpha value is -4.82. The number of esters is 4. The third kappa shape index (κ3) is 9.11. The minimum atomic E-state index is -1.34. The van der Waals surface area contributed by atoms with E-state index in [0.29, 0.717) is 5.69 Å². The molecule has 5 atom stereocenters. The van der Waals surface area contributed by atoms with Gasteiger partial charge >= 0.3 is 23.9 Å². The van der Waals surface area contributed by atoms with Gasteiger partial charge in [-0.05, 0) is 12.1 Å². The average molecular weight is 656 g/mol. The van der Waals surface area contributed by atoms with E-state index >= 15 is 0 Å². The van der Waals surface area contributed by atoms with Crippen LogP contribution < -0.4 is 4.74 Å². The van der Waals surface area contributed by atoms with E-state index in [1.807, 2.05) is 30.3 Å². The second-order valence-electron chi connectivity index (χ2n) is 10.3. The fourth-order valence-electron chi connectivity index (χ4n) is 4.83. The summed E-state index contributed by atoms with van der Waals surface area (Å²) in [6, 6.07) is 13.7. The molecule has 0 spiro atoms. The van der Waals surface area contributed by atoms with E-state index in [1.54, 1.807) is 5.38 Å². The van der Waals surface area contributed by atoms with Crippen LogP contribution in [0.3, 0.4) is 0 Å². The average Bonchev–Trinajstić information content (AvgIpc) is 3.45. The third-order valence-electron chi connectivity index (χ3n) is 6.69. The molecule has 46 heavy (non-hydrogen) atoms. The SMILES string of the molecule is CC(=O)OC[C@@H]1O[C@H](COc2ccc(C(=O)Cc3csc(-c4ccccc4)n3)c(O)c2)[C@H](OC(C)=O)[C@@H](OC(C)=O)[C@H]1OC(C)=O. The number of nitrogens with zero attached hydrogens (tertiary/aromatic N) is 1. The summed E-state index contributed by atoms with van der Waals surface area (Å²) >= 11 is 1.42. The van der Waals surface area contributed by atoms with Crippen molar-refractivity contribution in [3.8, 4) is 22.1 Å². The van der Waals surface area contributed by atoms with Crippen LogP contribution in [0.25, 0.3) is 10.6 Å². The van der Waals surface area contributed by atoms with Crippen LogP contribution in [0, 0.1) is 0 Å². The van der Waals surface area contributed by atoms with Gasteiger partial charge in [0.05, 0.1) is 17.7 Å². The predicted octanol–water partition coefficient (Wildman–Crippen LogP) is 3.45. The molecular weight excluding hydrogens is 622 g/mol. The van der Waals surface area contributed by atoms with E-state index in [4.69, 9.17) is 28.4 Å². The monoisotopic (exact) mass is 655 g/mol. The normalized spacial score (nSPS) is 20.7. The summed E-state index contributed by atoms with van der Waals surface area (Å²) in [5.74, 6) is -3.43. The van der Waals surface area contributed by atoms with Crippen molar-refractivity contribution in [2.24, 2.45) is 0 Å². The number of ketones is 1. The number of thiazole rings is 1. The fraction of sp³-hybridized carbons (Fsp3) is 0.375. The number of phenolic OH excluding ortho intramolecular Hbond substituents is 1. The highest BCUT2D eigenvalue weighted by Crippen LogP contribution is 2.31. The van der Waals surface area contributed by atoms with Crippen molar-refractivity contribution >= 4 is 41.0 Å². The van der Waals surface area contributed by atoms with Gasteiger partial charge in [-0.2, -0.15) is 0 Å². The molecule has 1 N–H and O–H groups in total. The largest absolute Gasteiger partial charge is 0.507 e. The zero-order valence-electron chi connectivity index (χ0n) is 25.5. The lowest BCUT2D eigenvalue weighted by Gasteiger charge is -2.44. The van der Waals surface area contributed by atoms with Gasteiger partial charge in [-0.3, -0.25) is 24.0 Å². The highest BCUT2D eigenvalue weighted by atomic mass is 32.1. The zero-order chi connectivity index (χ0) is 33.4. The summed E-state index contributed by atoms with van der Waals surface area (Å²) in [7, 11) is 0. The molecule has 0 aliphatic carbocycles. The van der Waals surface area contributed by atoms with E-state index in [1.165, 1.54) is 36.5 Å².